The maximum atomic E-state index is 5.58. The maximum absolute atomic E-state index is 5.58. The van der Waals surface area contributed by atoms with Crippen LogP contribution in [0.5, 0.6) is 0 Å². The molecule has 3 heteroatoms. The van der Waals surface area contributed by atoms with Gasteiger partial charge in [0.2, 0.25) is 0 Å². The van der Waals surface area contributed by atoms with Crippen molar-refractivity contribution >= 4 is 0 Å². The summed E-state index contributed by atoms with van der Waals surface area (Å²) in [5.41, 5.74) is 5.48. The Kier molecular flexibility index (Phi) is 3.98. The van der Waals surface area contributed by atoms with Crippen molar-refractivity contribution in [2.75, 3.05) is 26.2 Å². The van der Waals surface area contributed by atoms with Gasteiger partial charge in [0.1, 0.15) is 0 Å². The molecule has 0 aromatic carbocycles. The molecule has 12 heavy (non-hydrogen) atoms. The fourth-order valence-corrected chi connectivity index (χ4v) is 1.57. The van der Waals surface area contributed by atoms with Crippen LogP contribution < -0.4 is 5.73 Å². The number of ether oxygens (including phenoxy) is 1. The van der Waals surface area contributed by atoms with Gasteiger partial charge in [0, 0.05) is 19.1 Å². The Labute approximate surface area is 74.9 Å². The average Bonchev–Trinajstić information content (AvgIpc) is 2.05. The van der Waals surface area contributed by atoms with Crippen molar-refractivity contribution in [1.29, 1.82) is 0 Å². The molecule has 0 radical (unpaired) electrons. The molecule has 1 saturated heterocycles. The van der Waals surface area contributed by atoms with E-state index in [1.165, 1.54) is 0 Å². The van der Waals surface area contributed by atoms with E-state index in [2.05, 4.69) is 18.7 Å². The van der Waals surface area contributed by atoms with E-state index in [0.29, 0.717) is 12.1 Å². The van der Waals surface area contributed by atoms with E-state index in [1.54, 1.807) is 0 Å². The summed E-state index contributed by atoms with van der Waals surface area (Å²) in [4.78, 5) is 2.45. The van der Waals surface area contributed by atoms with E-state index in [9.17, 15) is 0 Å². The van der Waals surface area contributed by atoms with Crippen molar-refractivity contribution in [2.24, 2.45) is 5.73 Å². The Hall–Kier alpha value is -0.120. The van der Waals surface area contributed by atoms with Crippen molar-refractivity contribution in [3.8, 4) is 0 Å². The largest absolute Gasteiger partial charge is 0.376 e. The molecule has 0 spiro atoms. The van der Waals surface area contributed by atoms with Gasteiger partial charge in [-0.05, 0) is 26.8 Å². The second kappa shape index (κ2) is 4.80. The summed E-state index contributed by atoms with van der Waals surface area (Å²) in [5.74, 6) is 0. The van der Waals surface area contributed by atoms with Crippen LogP contribution in [0.25, 0.3) is 0 Å². The van der Waals surface area contributed by atoms with Crippen LogP contribution in [0.1, 0.15) is 20.3 Å². The Morgan fingerprint density at radius 3 is 2.92 bits per heavy atom. The molecule has 0 aromatic rings. The summed E-state index contributed by atoms with van der Waals surface area (Å²) < 4.78 is 5.58. The first kappa shape index (κ1) is 9.96. The van der Waals surface area contributed by atoms with Crippen LogP contribution in [0, 0.1) is 0 Å². The van der Waals surface area contributed by atoms with Gasteiger partial charge in [-0.25, -0.2) is 0 Å². The smallest absolute Gasteiger partial charge is 0.0714 e. The highest BCUT2D eigenvalue weighted by atomic mass is 16.5. The number of nitrogens with two attached hydrogens (primary N) is 1. The van der Waals surface area contributed by atoms with Crippen LogP contribution in [-0.4, -0.2) is 43.3 Å². The predicted octanol–water partition coefficient (Wildman–Crippen LogP) is 0.444. The molecule has 0 bridgehead atoms. The lowest BCUT2D eigenvalue weighted by Crippen LogP contribution is -2.46. The van der Waals surface area contributed by atoms with Crippen LogP contribution in [0.4, 0.5) is 0 Å². The molecule has 1 atom stereocenters. The Morgan fingerprint density at radius 1 is 1.58 bits per heavy atom. The number of hydrogen-bond acceptors (Lipinski definition) is 3. The van der Waals surface area contributed by atoms with Crippen LogP contribution in [-0.2, 0) is 4.74 Å². The zero-order valence-corrected chi connectivity index (χ0v) is 8.12. The molecule has 0 amide bonds. The average molecular weight is 172 g/mol. The van der Waals surface area contributed by atoms with E-state index in [1.807, 2.05) is 0 Å². The lowest BCUT2D eigenvalue weighted by atomic mass is 10.2. The predicted molar refractivity (Wildman–Crippen MR) is 50.1 cm³/mol. The van der Waals surface area contributed by atoms with Gasteiger partial charge in [0.25, 0.3) is 0 Å². The Balaban J connectivity index is 2.30. The van der Waals surface area contributed by atoms with Crippen molar-refractivity contribution in [3.05, 3.63) is 0 Å². The van der Waals surface area contributed by atoms with Crippen LogP contribution in [0.2, 0.25) is 0 Å². The van der Waals surface area contributed by atoms with Crippen LogP contribution >= 0.6 is 0 Å². The molecule has 1 unspecified atom stereocenters. The van der Waals surface area contributed by atoms with E-state index in [-0.39, 0.29) is 0 Å². The van der Waals surface area contributed by atoms with Gasteiger partial charge in [-0.15, -0.1) is 0 Å². The number of nitrogens with zero attached hydrogens (tertiary/aromatic N) is 1. The maximum Gasteiger partial charge on any atom is 0.0714 e. The van der Waals surface area contributed by atoms with E-state index >= 15 is 0 Å². The molecule has 3 nitrogen and oxygen atoms in total. The van der Waals surface area contributed by atoms with Gasteiger partial charge in [-0.1, -0.05) is 0 Å². The summed E-state index contributed by atoms with van der Waals surface area (Å²) in [6.45, 7) is 8.17. The van der Waals surface area contributed by atoms with Crippen LogP contribution in [0.15, 0.2) is 0 Å². The number of rotatable bonds is 3. The highest BCUT2D eigenvalue weighted by Crippen LogP contribution is 2.10. The normalized spacial score (nSPS) is 26.5. The lowest BCUT2D eigenvalue weighted by molar-refractivity contribution is -0.0406. The second-order valence-corrected chi connectivity index (χ2v) is 3.66. The van der Waals surface area contributed by atoms with Gasteiger partial charge in [-0.3, -0.25) is 4.90 Å². The van der Waals surface area contributed by atoms with Crippen molar-refractivity contribution in [3.63, 3.8) is 0 Å². The SMILES string of the molecule is CC(C)N1CCOC(CCN)C1. The first-order valence-corrected chi connectivity index (χ1v) is 4.79. The molecule has 1 aliphatic heterocycles. The van der Waals surface area contributed by atoms with Gasteiger partial charge >= 0.3 is 0 Å². The molecule has 1 heterocycles. The Morgan fingerprint density at radius 2 is 2.33 bits per heavy atom. The standard InChI is InChI=1S/C9H20N2O/c1-8(2)11-5-6-12-9(7-11)3-4-10/h8-9H,3-7,10H2,1-2H3. The molecule has 72 valence electrons. The van der Waals surface area contributed by atoms with Gasteiger partial charge < -0.3 is 10.5 Å². The molecule has 0 aromatic heterocycles. The van der Waals surface area contributed by atoms with Gasteiger partial charge in [0.05, 0.1) is 12.7 Å². The highest BCUT2D eigenvalue weighted by Gasteiger charge is 2.20. The minimum Gasteiger partial charge on any atom is -0.376 e. The minimum absolute atomic E-state index is 0.367. The monoisotopic (exact) mass is 172 g/mol. The van der Waals surface area contributed by atoms with Crippen molar-refractivity contribution in [1.82, 2.24) is 4.90 Å². The molecule has 1 fully saturated rings. The minimum atomic E-state index is 0.367. The van der Waals surface area contributed by atoms with Gasteiger partial charge in [0.15, 0.2) is 0 Å². The third kappa shape index (κ3) is 2.73. The first-order valence-electron chi connectivity index (χ1n) is 4.79. The third-order valence-corrected chi connectivity index (χ3v) is 2.39. The van der Waals surface area contributed by atoms with E-state index in [0.717, 1.165) is 32.7 Å². The lowest BCUT2D eigenvalue weighted by Gasteiger charge is -2.35. The number of morpholine rings is 1. The summed E-state index contributed by atoms with van der Waals surface area (Å²) in [5, 5.41) is 0. The fraction of sp³-hybridized carbons (Fsp3) is 1.00. The molecule has 1 rings (SSSR count). The fourth-order valence-electron chi connectivity index (χ4n) is 1.57. The highest BCUT2D eigenvalue weighted by molar-refractivity contribution is 4.73. The van der Waals surface area contributed by atoms with Crippen LogP contribution in [0.3, 0.4) is 0 Å². The topological polar surface area (TPSA) is 38.5 Å². The summed E-state index contributed by atoms with van der Waals surface area (Å²) >= 11 is 0. The first-order chi connectivity index (χ1) is 5.74. The zero-order valence-electron chi connectivity index (χ0n) is 8.12. The van der Waals surface area contributed by atoms with E-state index in [4.69, 9.17) is 10.5 Å². The third-order valence-electron chi connectivity index (χ3n) is 2.39. The van der Waals surface area contributed by atoms with Crippen molar-refractivity contribution < 1.29 is 4.74 Å². The van der Waals surface area contributed by atoms with Crippen molar-refractivity contribution in [2.45, 2.75) is 32.4 Å². The molecular formula is C9H20N2O. The Bertz CT molecular complexity index is 126. The summed E-state index contributed by atoms with van der Waals surface area (Å²) in [7, 11) is 0. The molecule has 1 aliphatic rings. The second-order valence-electron chi connectivity index (χ2n) is 3.66. The molecule has 0 saturated carbocycles. The summed E-state index contributed by atoms with van der Waals surface area (Å²) in [6.07, 6.45) is 1.36. The molecular weight excluding hydrogens is 152 g/mol. The molecule has 2 N–H and O–H groups in total. The summed E-state index contributed by atoms with van der Waals surface area (Å²) in [6, 6.07) is 0.633. The van der Waals surface area contributed by atoms with Gasteiger partial charge in [-0.2, -0.15) is 0 Å². The number of hydrogen-bond donors (Lipinski definition) is 1. The van der Waals surface area contributed by atoms with E-state index < -0.39 is 0 Å². The zero-order chi connectivity index (χ0) is 8.97. The quantitative estimate of drug-likeness (QED) is 0.671. The molecule has 0 aliphatic carbocycles.